The molecule has 1 saturated carbocycles. The second-order valence-corrected chi connectivity index (χ2v) is 15.0. The Balaban J connectivity index is 1.33. The van der Waals surface area contributed by atoms with Crippen molar-refractivity contribution in [3.63, 3.8) is 0 Å². The number of aryl methyl sites for hydroxylation is 1. The van der Waals surface area contributed by atoms with E-state index in [1.54, 1.807) is 23.1 Å². The van der Waals surface area contributed by atoms with Gasteiger partial charge in [0.1, 0.15) is 15.6 Å². The second kappa shape index (κ2) is 12.0. The van der Waals surface area contributed by atoms with Gasteiger partial charge in [0.05, 0.1) is 18.3 Å². The summed E-state index contributed by atoms with van der Waals surface area (Å²) in [5, 5.41) is 10.2. The molecule has 1 N–H and O–H groups in total. The van der Waals surface area contributed by atoms with Crippen LogP contribution in [0.2, 0.25) is 0 Å². The molecule has 11 heteroatoms. The number of sulfonamides is 1. The van der Waals surface area contributed by atoms with Crippen LogP contribution in [0.3, 0.4) is 0 Å². The van der Waals surface area contributed by atoms with Crippen LogP contribution >= 0.6 is 11.3 Å². The number of piperazine rings is 1. The van der Waals surface area contributed by atoms with Crippen LogP contribution in [0.25, 0.3) is 10.4 Å². The van der Waals surface area contributed by atoms with E-state index in [1.807, 2.05) is 31.2 Å². The maximum Gasteiger partial charge on any atom is 0.348 e. The van der Waals surface area contributed by atoms with E-state index in [0.29, 0.717) is 11.7 Å². The molecule has 4 heterocycles. The van der Waals surface area contributed by atoms with Crippen molar-refractivity contribution in [3.8, 4) is 10.4 Å². The van der Waals surface area contributed by atoms with Crippen LogP contribution in [0, 0.1) is 12.8 Å². The molecule has 2 unspecified atom stereocenters. The van der Waals surface area contributed by atoms with Crippen molar-refractivity contribution in [1.82, 2.24) is 9.29 Å². The lowest BCUT2D eigenvalue weighted by Gasteiger charge is -2.44. The van der Waals surface area contributed by atoms with Gasteiger partial charge in [-0.25, -0.2) is 18.2 Å². The van der Waals surface area contributed by atoms with Crippen molar-refractivity contribution < 1.29 is 23.1 Å². The molecule has 0 spiro atoms. The highest BCUT2D eigenvalue weighted by Gasteiger charge is 2.44. The van der Waals surface area contributed by atoms with E-state index in [4.69, 9.17) is 0 Å². The van der Waals surface area contributed by atoms with Gasteiger partial charge in [-0.1, -0.05) is 49.1 Å². The number of aromatic nitrogens is 1. The number of aromatic carboxylic acids is 1. The quantitative estimate of drug-likeness (QED) is 0.355. The fourth-order valence-electron chi connectivity index (χ4n) is 6.83. The van der Waals surface area contributed by atoms with E-state index in [9.17, 15) is 23.1 Å². The summed E-state index contributed by atoms with van der Waals surface area (Å²) in [7, 11) is -4.00. The van der Waals surface area contributed by atoms with Gasteiger partial charge in [0.15, 0.2) is 0 Å². The molecule has 1 aromatic carbocycles. The van der Waals surface area contributed by atoms with E-state index in [1.165, 1.54) is 10.5 Å². The summed E-state index contributed by atoms with van der Waals surface area (Å²) >= 11 is 1.15. The molecule has 1 amide bonds. The van der Waals surface area contributed by atoms with Crippen LogP contribution in [0.5, 0.6) is 0 Å². The van der Waals surface area contributed by atoms with Gasteiger partial charge in [-0.2, -0.15) is 4.31 Å². The lowest BCUT2D eigenvalue weighted by Crippen LogP contribution is -2.60. The minimum absolute atomic E-state index is 0.0650. The summed E-state index contributed by atoms with van der Waals surface area (Å²) in [6, 6.07) is 12.9. The molecule has 228 valence electrons. The molecule has 3 aromatic rings. The smallest absolute Gasteiger partial charge is 0.348 e. The third-order valence-corrected chi connectivity index (χ3v) is 12.2. The van der Waals surface area contributed by atoms with Gasteiger partial charge >= 0.3 is 5.97 Å². The Kier molecular flexibility index (Phi) is 8.32. The number of hydrogen-bond acceptors (Lipinski definition) is 7. The number of hydrogen-bond donors (Lipinski definition) is 1. The van der Waals surface area contributed by atoms with Crippen LogP contribution in [0.15, 0.2) is 53.6 Å². The van der Waals surface area contributed by atoms with E-state index in [2.05, 4.69) is 16.8 Å². The van der Waals surface area contributed by atoms with Crippen LogP contribution in [0.4, 0.5) is 11.5 Å². The maximum absolute atomic E-state index is 14.0. The molecule has 0 bridgehead atoms. The van der Waals surface area contributed by atoms with Gasteiger partial charge in [-0.05, 0) is 69.2 Å². The standard InChI is InChI=1S/C32H38N4O5S2/c1-21-10-12-24(13-11-21)28-17-26(31(42-28)32(38)39)36-27(23-8-4-3-5-9-23)19-34(20-30(36)37)43(40,41)25-14-15-29(33-18-25)35-16-6-7-22(35)2/h10-15,17-18,22-23,27H,3-9,16,19-20H2,1-2H3,(H,38,39). The number of pyridine rings is 1. The SMILES string of the molecule is Cc1ccc(-c2cc(N3C(=O)CN(S(=O)(=O)c4ccc(N5CCCC5C)nc4)CC3C3CCCCC3)c(C(=O)O)s2)cc1. The molecule has 9 nitrogen and oxygen atoms in total. The number of carbonyl (C=O) groups is 2. The first-order valence-electron chi connectivity index (χ1n) is 15.1. The Morgan fingerprint density at radius 1 is 1.02 bits per heavy atom. The van der Waals surface area contributed by atoms with E-state index < -0.39 is 27.9 Å². The number of carboxylic acids is 1. The number of rotatable bonds is 7. The fraction of sp³-hybridized carbons (Fsp3) is 0.469. The second-order valence-electron chi connectivity index (χ2n) is 12.1. The number of amides is 1. The Labute approximate surface area is 257 Å². The molecule has 0 radical (unpaired) electrons. The highest BCUT2D eigenvalue weighted by Crippen LogP contribution is 2.42. The highest BCUT2D eigenvalue weighted by molar-refractivity contribution is 7.89. The van der Waals surface area contributed by atoms with Gasteiger partial charge in [0, 0.05) is 30.2 Å². The van der Waals surface area contributed by atoms with Crippen LogP contribution < -0.4 is 9.80 Å². The number of carbonyl (C=O) groups excluding carboxylic acids is 1. The first-order chi connectivity index (χ1) is 20.6. The number of carboxylic acid groups (broad SMARTS) is 1. The van der Waals surface area contributed by atoms with E-state index >= 15 is 0 Å². The summed E-state index contributed by atoms with van der Waals surface area (Å²) in [6.07, 6.45) is 8.39. The summed E-state index contributed by atoms with van der Waals surface area (Å²) in [4.78, 5) is 35.6. The zero-order valence-corrected chi connectivity index (χ0v) is 26.2. The monoisotopic (exact) mass is 622 g/mol. The molecule has 2 atom stereocenters. The van der Waals surface area contributed by atoms with Crippen LogP contribution in [-0.2, 0) is 14.8 Å². The largest absolute Gasteiger partial charge is 0.477 e. The Morgan fingerprint density at radius 3 is 2.40 bits per heavy atom. The lowest BCUT2D eigenvalue weighted by atomic mass is 9.82. The summed E-state index contributed by atoms with van der Waals surface area (Å²) in [6.45, 7) is 4.78. The van der Waals surface area contributed by atoms with Gasteiger partial charge < -0.3 is 14.9 Å². The van der Waals surface area contributed by atoms with Gasteiger partial charge in [0.25, 0.3) is 0 Å². The molecular formula is C32H38N4O5S2. The van der Waals surface area contributed by atoms with Crippen molar-refractivity contribution in [2.24, 2.45) is 5.92 Å². The Bertz CT molecular complexity index is 1600. The van der Waals surface area contributed by atoms with Crippen molar-refractivity contribution in [2.75, 3.05) is 29.4 Å². The van der Waals surface area contributed by atoms with Gasteiger partial charge in [0.2, 0.25) is 15.9 Å². The zero-order chi connectivity index (χ0) is 30.3. The molecule has 1 aliphatic carbocycles. The fourth-order valence-corrected chi connectivity index (χ4v) is 9.18. The normalized spacial score (nSPS) is 22.3. The predicted octanol–water partition coefficient (Wildman–Crippen LogP) is 5.79. The molecule has 2 aromatic heterocycles. The first-order valence-corrected chi connectivity index (χ1v) is 17.4. The molecule has 6 rings (SSSR count). The number of thiophene rings is 1. The van der Waals surface area contributed by atoms with Gasteiger partial charge in [-0.3, -0.25) is 4.79 Å². The van der Waals surface area contributed by atoms with Crippen molar-refractivity contribution in [2.45, 2.75) is 75.8 Å². The number of nitrogens with zero attached hydrogens (tertiary/aromatic N) is 4. The van der Waals surface area contributed by atoms with Gasteiger partial charge in [-0.15, -0.1) is 11.3 Å². The molecule has 2 saturated heterocycles. The van der Waals surface area contributed by atoms with Crippen molar-refractivity contribution >= 4 is 44.7 Å². The Morgan fingerprint density at radius 2 is 1.77 bits per heavy atom. The lowest BCUT2D eigenvalue weighted by molar-refractivity contribution is -0.121. The summed E-state index contributed by atoms with van der Waals surface area (Å²) in [5.74, 6) is -0.677. The molecule has 3 aliphatic rings. The molecular weight excluding hydrogens is 585 g/mol. The highest BCUT2D eigenvalue weighted by atomic mass is 32.2. The molecule has 43 heavy (non-hydrogen) atoms. The van der Waals surface area contributed by atoms with Crippen LogP contribution in [-0.4, -0.2) is 66.4 Å². The average Bonchev–Trinajstić information content (AvgIpc) is 3.64. The van der Waals surface area contributed by atoms with Crippen molar-refractivity contribution in [1.29, 1.82) is 0 Å². The maximum atomic E-state index is 14.0. The van der Waals surface area contributed by atoms with E-state index in [-0.39, 0.29) is 28.8 Å². The number of anilines is 2. The number of benzene rings is 1. The molecule has 2 aliphatic heterocycles. The third-order valence-electron chi connectivity index (χ3n) is 9.20. The summed E-state index contributed by atoms with van der Waals surface area (Å²) in [5.41, 5.74) is 2.34. The minimum Gasteiger partial charge on any atom is -0.477 e. The topological polar surface area (TPSA) is 111 Å². The molecule has 3 fully saturated rings. The van der Waals surface area contributed by atoms with E-state index in [0.717, 1.165) is 84.6 Å². The summed E-state index contributed by atoms with van der Waals surface area (Å²) < 4.78 is 29.1. The first kappa shape index (κ1) is 29.8. The Hall–Kier alpha value is -3.28. The third kappa shape index (κ3) is 5.82. The van der Waals surface area contributed by atoms with Crippen LogP contribution in [0.1, 0.15) is 67.1 Å². The predicted molar refractivity (Wildman–Crippen MR) is 168 cm³/mol. The zero-order valence-electron chi connectivity index (χ0n) is 24.6. The minimum atomic E-state index is -4.00. The average molecular weight is 623 g/mol. The van der Waals surface area contributed by atoms with Crippen molar-refractivity contribution in [3.05, 3.63) is 59.1 Å².